The SMILES string of the molecule is Cc1nccc(OC2CCCN(C(=O)N3CCOCC3)C2)n1. The summed E-state index contributed by atoms with van der Waals surface area (Å²) in [6.07, 6.45) is 3.57. The van der Waals surface area contributed by atoms with Crippen molar-refractivity contribution in [2.75, 3.05) is 39.4 Å². The van der Waals surface area contributed by atoms with Crippen LogP contribution in [0.4, 0.5) is 4.79 Å². The number of hydrogen-bond donors (Lipinski definition) is 0. The van der Waals surface area contributed by atoms with E-state index in [0.717, 1.165) is 19.4 Å². The molecule has 0 bridgehead atoms. The molecule has 0 aromatic carbocycles. The van der Waals surface area contributed by atoms with Crippen molar-refractivity contribution in [1.82, 2.24) is 19.8 Å². The van der Waals surface area contributed by atoms with Crippen LogP contribution in [-0.2, 0) is 4.74 Å². The Morgan fingerprint density at radius 3 is 2.91 bits per heavy atom. The predicted molar refractivity (Wildman–Crippen MR) is 79.8 cm³/mol. The van der Waals surface area contributed by atoms with Crippen molar-refractivity contribution in [1.29, 1.82) is 0 Å². The van der Waals surface area contributed by atoms with Crippen LogP contribution in [0, 0.1) is 6.92 Å². The second kappa shape index (κ2) is 6.91. The molecule has 120 valence electrons. The number of rotatable bonds is 2. The molecule has 2 fully saturated rings. The fraction of sp³-hybridized carbons (Fsp3) is 0.667. The number of likely N-dealkylation sites (tertiary alicyclic amines) is 1. The summed E-state index contributed by atoms with van der Waals surface area (Å²) in [5.74, 6) is 1.27. The normalized spacial score (nSPS) is 22.5. The molecule has 1 atom stereocenters. The van der Waals surface area contributed by atoms with Crippen molar-refractivity contribution in [2.24, 2.45) is 0 Å². The predicted octanol–water partition coefficient (Wildman–Crippen LogP) is 1.08. The molecule has 2 aliphatic rings. The number of carbonyl (C=O) groups excluding carboxylic acids is 1. The molecular formula is C15H22N4O3. The Hall–Kier alpha value is -1.89. The highest BCUT2D eigenvalue weighted by molar-refractivity contribution is 5.74. The zero-order chi connectivity index (χ0) is 15.4. The lowest BCUT2D eigenvalue weighted by Crippen LogP contribution is -2.52. The van der Waals surface area contributed by atoms with Gasteiger partial charge >= 0.3 is 6.03 Å². The summed E-state index contributed by atoms with van der Waals surface area (Å²) in [5.41, 5.74) is 0. The van der Waals surface area contributed by atoms with Gasteiger partial charge in [0.25, 0.3) is 0 Å². The highest BCUT2D eigenvalue weighted by Gasteiger charge is 2.29. The van der Waals surface area contributed by atoms with Crippen molar-refractivity contribution >= 4 is 6.03 Å². The molecular weight excluding hydrogens is 284 g/mol. The van der Waals surface area contributed by atoms with Gasteiger partial charge in [-0.1, -0.05) is 0 Å². The highest BCUT2D eigenvalue weighted by Crippen LogP contribution is 2.18. The van der Waals surface area contributed by atoms with Gasteiger partial charge in [0.1, 0.15) is 11.9 Å². The number of ether oxygens (including phenoxy) is 2. The molecule has 0 spiro atoms. The Balaban J connectivity index is 1.57. The van der Waals surface area contributed by atoms with E-state index in [1.165, 1.54) is 0 Å². The van der Waals surface area contributed by atoms with Crippen LogP contribution in [0.5, 0.6) is 5.88 Å². The molecule has 1 unspecified atom stereocenters. The molecule has 0 radical (unpaired) electrons. The standard InChI is InChI=1S/C15H22N4O3/c1-12-16-5-4-14(17-12)22-13-3-2-6-19(11-13)15(20)18-7-9-21-10-8-18/h4-5,13H,2-3,6-11H2,1H3. The Morgan fingerprint density at radius 1 is 1.32 bits per heavy atom. The summed E-state index contributed by atoms with van der Waals surface area (Å²) in [6.45, 7) is 5.83. The first-order valence-corrected chi connectivity index (χ1v) is 7.80. The number of carbonyl (C=O) groups is 1. The zero-order valence-electron chi connectivity index (χ0n) is 12.9. The fourth-order valence-electron chi connectivity index (χ4n) is 2.83. The quantitative estimate of drug-likeness (QED) is 0.818. The molecule has 1 aromatic heterocycles. The molecule has 2 saturated heterocycles. The van der Waals surface area contributed by atoms with E-state index in [4.69, 9.17) is 9.47 Å². The minimum atomic E-state index is -0.00644. The lowest BCUT2D eigenvalue weighted by atomic mass is 10.1. The maximum absolute atomic E-state index is 12.5. The van der Waals surface area contributed by atoms with Gasteiger partial charge in [-0.25, -0.2) is 9.78 Å². The van der Waals surface area contributed by atoms with Crippen molar-refractivity contribution in [3.63, 3.8) is 0 Å². The first kappa shape index (κ1) is 15.0. The third-order valence-corrected chi connectivity index (χ3v) is 3.97. The van der Waals surface area contributed by atoms with Crippen LogP contribution in [0.3, 0.4) is 0 Å². The van der Waals surface area contributed by atoms with Gasteiger partial charge in [-0.05, 0) is 19.8 Å². The average molecular weight is 306 g/mol. The van der Waals surface area contributed by atoms with Gasteiger partial charge < -0.3 is 19.3 Å². The minimum absolute atomic E-state index is 0.00644. The Kier molecular flexibility index (Phi) is 4.72. The summed E-state index contributed by atoms with van der Waals surface area (Å²) in [4.78, 5) is 24.6. The van der Waals surface area contributed by atoms with Crippen molar-refractivity contribution in [3.8, 4) is 5.88 Å². The van der Waals surface area contributed by atoms with Gasteiger partial charge in [-0.15, -0.1) is 0 Å². The number of urea groups is 1. The number of morpholine rings is 1. The van der Waals surface area contributed by atoms with E-state index in [1.807, 2.05) is 16.7 Å². The van der Waals surface area contributed by atoms with Crippen molar-refractivity contribution in [2.45, 2.75) is 25.9 Å². The second-order valence-electron chi connectivity index (χ2n) is 5.65. The third-order valence-electron chi connectivity index (χ3n) is 3.97. The van der Waals surface area contributed by atoms with E-state index in [-0.39, 0.29) is 12.1 Å². The van der Waals surface area contributed by atoms with E-state index in [1.54, 1.807) is 12.3 Å². The van der Waals surface area contributed by atoms with Crippen LogP contribution in [0.25, 0.3) is 0 Å². The molecule has 2 aliphatic heterocycles. The average Bonchev–Trinajstić information content (AvgIpc) is 2.55. The molecule has 7 nitrogen and oxygen atoms in total. The highest BCUT2D eigenvalue weighted by atomic mass is 16.5. The fourth-order valence-corrected chi connectivity index (χ4v) is 2.83. The summed E-state index contributed by atoms with van der Waals surface area (Å²) in [5, 5.41) is 0. The summed E-state index contributed by atoms with van der Waals surface area (Å²) < 4.78 is 11.2. The number of hydrogen-bond acceptors (Lipinski definition) is 5. The topological polar surface area (TPSA) is 67.8 Å². The molecule has 22 heavy (non-hydrogen) atoms. The zero-order valence-corrected chi connectivity index (χ0v) is 12.9. The first-order valence-electron chi connectivity index (χ1n) is 7.80. The monoisotopic (exact) mass is 306 g/mol. The van der Waals surface area contributed by atoms with E-state index < -0.39 is 0 Å². The van der Waals surface area contributed by atoms with Gasteiger partial charge in [0.2, 0.25) is 5.88 Å². The number of aryl methyl sites for hydroxylation is 1. The van der Waals surface area contributed by atoms with Crippen molar-refractivity contribution in [3.05, 3.63) is 18.1 Å². The molecule has 7 heteroatoms. The van der Waals surface area contributed by atoms with Crippen LogP contribution in [0.2, 0.25) is 0 Å². The number of piperidine rings is 1. The van der Waals surface area contributed by atoms with Gasteiger partial charge in [-0.3, -0.25) is 0 Å². The van der Waals surface area contributed by atoms with Crippen LogP contribution in [0.15, 0.2) is 12.3 Å². The molecule has 3 heterocycles. The van der Waals surface area contributed by atoms with Crippen molar-refractivity contribution < 1.29 is 14.3 Å². The molecule has 0 N–H and O–H groups in total. The van der Waals surface area contributed by atoms with Gasteiger partial charge in [0, 0.05) is 31.9 Å². The molecule has 1 aromatic rings. The smallest absolute Gasteiger partial charge is 0.320 e. The van der Waals surface area contributed by atoms with E-state index in [9.17, 15) is 4.79 Å². The van der Waals surface area contributed by atoms with Crippen LogP contribution in [0.1, 0.15) is 18.7 Å². The van der Waals surface area contributed by atoms with Crippen LogP contribution in [-0.4, -0.2) is 71.3 Å². The molecule has 0 aliphatic carbocycles. The maximum Gasteiger partial charge on any atom is 0.320 e. The number of nitrogens with zero attached hydrogens (tertiary/aromatic N) is 4. The number of amides is 2. The van der Waals surface area contributed by atoms with E-state index in [2.05, 4.69) is 9.97 Å². The lowest BCUT2D eigenvalue weighted by molar-refractivity contribution is 0.0325. The Bertz CT molecular complexity index is 519. The van der Waals surface area contributed by atoms with Gasteiger partial charge in [0.05, 0.1) is 19.8 Å². The van der Waals surface area contributed by atoms with Gasteiger partial charge in [0.15, 0.2) is 0 Å². The molecule has 3 rings (SSSR count). The first-order chi connectivity index (χ1) is 10.7. The third kappa shape index (κ3) is 3.65. The van der Waals surface area contributed by atoms with E-state index in [0.29, 0.717) is 44.6 Å². The Labute approximate surface area is 130 Å². The van der Waals surface area contributed by atoms with Crippen LogP contribution >= 0.6 is 0 Å². The second-order valence-corrected chi connectivity index (χ2v) is 5.65. The Morgan fingerprint density at radius 2 is 2.14 bits per heavy atom. The summed E-state index contributed by atoms with van der Waals surface area (Å²) in [6, 6.07) is 1.85. The molecule has 0 saturated carbocycles. The minimum Gasteiger partial charge on any atom is -0.472 e. The lowest BCUT2D eigenvalue weighted by Gasteiger charge is -2.37. The number of aromatic nitrogens is 2. The largest absolute Gasteiger partial charge is 0.472 e. The summed E-state index contributed by atoms with van der Waals surface area (Å²) in [7, 11) is 0. The van der Waals surface area contributed by atoms with Crippen LogP contribution < -0.4 is 4.74 Å². The maximum atomic E-state index is 12.5. The summed E-state index contributed by atoms with van der Waals surface area (Å²) >= 11 is 0. The molecule has 2 amide bonds. The van der Waals surface area contributed by atoms with E-state index >= 15 is 0 Å². The van der Waals surface area contributed by atoms with Gasteiger partial charge in [-0.2, -0.15) is 4.98 Å².